The molecule has 0 aromatic heterocycles. The Morgan fingerprint density at radius 2 is 1.63 bits per heavy atom. The highest BCUT2D eigenvalue weighted by molar-refractivity contribution is 6.36. The van der Waals surface area contributed by atoms with Crippen molar-refractivity contribution in [1.82, 2.24) is 0 Å². The van der Waals surface area contributed by atoms with Crippen molar-refractivity contribution in [3.63, 3.8) is 0 Å². The standard InChI is InChI=1S/C15H13Cl3O/c1-9-3-5-10(6-4-9)15(18)11-7-13(17)14(19-2)8-12(11)16/h3-8,15H,1-2H3. The van der Waals surface area contributed by atoms with Crippen molar-refractivity contribution in [2.45, 2.75) is 12.3 Å². The Kier molecular flexibility index (Phi) is 4.62. The molecular formula is C15H13Cl3O. The van der Waals surface area contributed by atoms with E-state index in [1.807, 2.05) is 31.2 Å². The summed E-state index contributed by atoms with van der Waals surface area (Å²) in [5.41, 5.74) is 2.94. The lowest BCUT2D eigenvalue weighted by Crippen LogP contribution is -1.96. The molecule has 2 aromatic rings. The SMILES string of the molecule is COc1cc(Cl)c(C(Cl)c2ccc(C)cc2)cc1Cl. The zero-order valence-corrected chi connectivity index (χ0v) is 12.9. The summed E-state index contributed by atoms with van der Waals surface area (Å²) in [6.45, 7) is 2.03. The van der Waals surface area contributed by atoms with Crippen LogP contribution in [-0.4, -0.2) is 7.11 Å². The Hall–Kier alpha value is -0.890. The molecule has 1 unspecified atom stereocenters. The minimum atomic E-state index is -0.337. The van der Waals surface area contributed by atoms with Gasteiger partial charge in [-0.05, 0) is 24.1 Å². The lowest BCUT2D eigenvalue weighted by atomic mass is 10.0. The van der Waals surface area contributed by atoms with Crippen molar-refractivity contribution in [2.24, 2.45) is 0 Å². The van der Waals surface area contributed by atoms with Gasteiger partial charge in [0.2, 0.25) is 0 Å². The fourth-order valence-electron chi connectivity index (χ4n) is 1.81. The molecule has 1 nitrogen and oxygen atoms in total. The molecule has 0 saturated carbocycles. The highest BCUT2D eigenvalue weighted by Gasteiger charge is 2.17. The number of alkyl halides is 1. The molecule has 100 valence electrons. The van der Waals surface area contributed by atoms with Crippen LogP contribution < -0.4 is 4.74 Å². The third kappa shape index (κ3) is 3.17. The molecule has 2 aromatic carbocycles. The highest BCUT2D eigenvalue weighted by atomic mass is 35.5. The molecule has 4 heteroatoms. The van der Waals surface area contributed by atoms with Crippen LogP contribution >= 0.6 is 34.8 Å². The molecular weight excluding hydrogens is 303 g/mol. The van der Waals surface area contributed by atoms with Gasteiger partial charge in [-0.25, -0.2) is 0 Å². The number of methoxy groups -OCH3 is 1. The first-order valence-corrected chi connectivity index (χ1v) is 6.95. The van der Waals surface area contributed by atoms with E-state index in [9.17, 15) is 0 Å². The molecule has 0 heterocycles. The van der Waals surface area contributed by atoms with E-state index in [1.165, 1.54) is 5.56 Å². The minimum Gasteiger partial charge on any atom is -0.495 e. The smallest absolute Gasteiger partial charge is 0.138 e. The Balaban J connectivity index is 2.41. The molecule has 0 N–H and O–H groups in total. The largest absolute Gasteiger partial charge is 0.495 e. The van der Waals surface area contributed by atoms with Gasteiger partial charge in [-0.3, -0.25) is 0 Å². The van der Waals surface area contributed by atoms with Crippen LogP contribution in [0.3, 0.4) is 0 Å². The Morgan fingerprint density at radius 1 is 1.00 bits per heavy atom. The van der Waals surface area contributed by atoms with Crippen LogP contribution in [-0.2, 0) is 0 Å². The van der Waals surface area contributed by atoms with Crippen LogP contribution in [0.4, 0.5) is 0 Å². The average molecular weight is 316 g/mol. The molecule has 0 aliphatic rings. The van der Waals surface area contributed by atoms with Crippen molar-refractivity contribution >= 4 is 34.8 Å². The van der Waals surface area contributed by atoms with E-state index in [1.54, 1.807) is 19.2 Å². The summed E-state index contributed by atoms with van der Waals surface area (Å²) in [6.07, 6.45) is 0. The normalized spacial score (nSPS) is 12.3. The van der Waals surface area contributed by atoms with E-state index >= 15 is 0 Å². The number of ether oxygens (including phenoxy) is 1. The molecule has 0 bridgehead atoms. The second-order valence-corrected chi connectivity index (χ2v) is 5.53. The van der Waals surface area contributed by atoms with Crippen LogP contribution in [0.15, 0.2) is 36.4 Å². The second-order valence-electron chi connectivity index (χ2n) is 4.28. The van der Waals surface area contributed by atoms with E-state index in [0.717, 1.165) is 11.1 Å². The van der Waals surface area contributed by atoms with Gasteiger partial charge >= 0.3 is 0 Å². The van der Waals surface area contributed by atoms with Gasteiger partial charge in [0.05, 0.1) is 17.5 Å². The summed E-state index contributed by atoms with van der Waals surface area (Å²) >= 11 is 18.8. The predicted octanol–water partition coefficient (Wildman–Crippen LogP) is 5.64. The maximum absolute atomic E-state index is 6.47. The summed E-state index contributed by atoms with van der Waals surface area (Å²) in [7, 11) is 1.55. The zero-order valence-electron chi connectivity index (χ0n) is 10.6. The van der Waals surface area contributed by atoms with Crippen molar-refractivity contribution in [3.05, 3.63) is 63.1 Å². The Bertz CT molecular complexity index is 579. The third-order valence-electron chi connectivity index (χ3n) is 2.91. The van der Waals surface area contributed by atoms with Crippen LogP contribution in [0.2, 0.25) is 10.0 Å². The fraction of sp³-hybridized carbons (Fsp3) is 0.200. The molecule has 1 atom stereocenters. The first kappa shape index (κ1) is 14.5. The molecule has 0 amide bonds. The maximum Gasteiger partial charge on any atom is 0.138 e. The zero-order chi connectivity index (χ0) is 14.0. The molecule has 0 radical (unpaired) electrons. The first-order valence-electron chi connectivity index (χ1n) is 5.76. The van der Waals surface area contributed by atoms with E-state index in [4.69, 9.17) is 39.5 Å². The Morgan fingerprint density at radius 3 is 2.21 bits per heavy atom. The molecule has 0 spiro atoms. The highest BCUT2D eigenvalue weighted by Crippen LogP contribution is 2.39. The van der Waals surface area contributed by atoms with E-state index < -0.39 is 0 Å². The van der Waals surface area contributed by atoms with Crippen LogP contribution in [0.25, 0.3) is 0 Å². The molecule has 0 aliphatic carbocycles. The van der Waals surface area contributed by atoms with Gasteiger partial charge in [-0.15, -0.1) is 11.6 Å². The second kappa shape index (κ2) is 6.04. The van der Waals surface area contributed by atoms with Crippen molar-refractivity contribution in [2.75, 3.05) is 7.11 Å². The maximum atomic E-state index is 6.47. The number of halogens is 3. The van der Waals surface area contributed by atoms with Gasteiger partial charge in [0.1, 0.15) is 5.75 Å². The van der Waals surface area contributed by atoms with E-state index in [-0.39, 0.29) is 5.38 Å². The van der Waals surface area contributed by atoms with E-state index in [0.29, 0.717) is 15.8 Å². The van der Waals surface area contributed by atoms with Crippen molar-refractivity contribution in [3.8, 4) is 5.75 Å². The number of aryl methyl sites for hydroxylation is 1. The monoisotopic (exact) mass is 314 g/mol. The number of hydrogen-bond donors (Lipinski definition) is 0. The van der Waals surface area contributed by atoms with Gasteiger partial charge in [-0.2, -0.15) is 0 Å². The van der Waals surface area contributed by atoms with Gasteiger partial charge in [0, 0.05) is 11.1 Å². The van der Waals surface area contributed by atoms with Crippen LogP contribution in [0, 0.1) is 6.92 Å². The minimum absolute atomic E-state index is 0.337. The molecule has 0 aliphatic heterocycles. The van der Waals surface area contributed by atoms with Crippen LogP contribution in [0.5, 0.6) is 5.75 Å². The summed E-state index contributed by atoms with van der Waals surface area (Å²) in [5.74, 6) is 0.545. The summed E-state index contributed by atoms with van der Waals surface area (Å²) in [4.78, 5) is 0. The summed E-state index contributed by atoms with van der Waals surface area (Å²) < 4.78 is 5.12. The summed E-state index contributed by atoms with van der Waals surface area (Å²) in [5, 5.41) is 0.706. The number of rotatable bonds is 3. The predicted molar refractivity (Wildman–Crippen MR) is 81.9 cm³/mol. The Labute approximate surface area is 128 Å². The fourth-order valence-corrected chi connectivity index (χ4v) is 2.70. The first-order chi connectivity index (χ1) is 9.02. The lowest BCUT2D eigenvalue weighted by molar-refractivity contribution is 0.415. The molecule has 0 saturated heterocycles. The van der Waals surface area contributed by atoms with E-state index in [2.05, 4.69) is 0 Å². The van der Waals surface area contributed by atoms with Gasteiger partial charge < -0.3 is 4.74 Å². The van der Waals surface area contributed by atoms with Gasteiger partial charge in [0.25, 0.3) is 0 Å². The van der Waals surface area contributed by atoms with Gasteiger partial charge in [0.15, 0.2) is 0 Å². The van der Waals surface area contributed by atoms with Crippen molar-refractivity contribution < 1.29 is 4.74 Å². The van der Waals surface area contributed by atoms with Gasteiger partial charge in [-0.1, -0.05) is 53.0 Å². The topological polar surface area (TPSA) is 9.23 Å². The number of benzene rings is 2. The molecule has 0 fully saturated rings. The quantitative estimate of drug-likeness (QED) is 0.666. The number of hydrogen-bond acceptors (Lipinski definition) is 1. The molecule has 19 heavy (non-hydrogen) atoms. The average Bonchev–Trinajstić information content (AvgIpc) is 2.41. The lowest BCUT2D eigenvalue weighted by Gasteiger charge is -2.14. The van der Waals surface area contributed by atoms with Crippen molar-refractivity contribution in [1.29, 1.82) is 0 Å². The molecule has 2 rings (SSSR count). The van der Waals surface area contributed by atoms with Crippen LogP contribution in [0.1, 0.15) is 22.1 Å². The third-order valence-corrected chi connectivity index (χ3v) is 4.02. The summed E-state index contributed by atoms with van der Waals surface area (Å²) in [6, 6.07) is 11.4.